The number of hydrogen-bond acceptors (Lipinski definition) is 2. The lowest BCUT2D eigenvalue weighted by atomic mass is 10.2. The van der Waals surface area contributed by atoms with Crippen LogP contribution in [0.1, 0.15) is 5.56 Å². The van der Waals surface area contributed by atoms with Gasteiger partial charge >= 0.3 is 0 Å². The minimum absolute atomic E-state index is 0.547. The fraction of sp³-hybridized carbons (Fsp3) is 0.200. The smallest absolute Gasteiger partial charge is 0.121 e. The molecule has 14 heavy (non-hydrogen) atoms. The third-order valence-electron chi connectivity index (χ3n) is 2.06. The molecule has 1 aromatic carbocycles. The minimum Gasteiger partial charge on any atom is -0.497 e. The number of halogens is 2. The predicted molar refractivity (Wildman–Crippen MR) is 65.6 cm³/mol. The number of fused-ring (bicyclic) bond motifs is 1. The van der Waals surface area contributed by atoms with Crippen molar-refractivity contribution in [2.45, 2.75) is 5.88 Å². The summed E-state index contributed by atoms with van der Waals surface area (Å²) in [7, 11) is 1.67. The van der Waals surface area contributed by atoms with Crippen LogP contribution >= 0.6 is 38.9 Å². The molecule has 0 saturated carbocycles. The van der Waals surface area contributed by atoms with Crippen LogP contribution in [0.5, 0.6) is 5.75 Å². The van der Waals surface area contributed by atoms with Gasteiger partial charge in [-0.25, -0.2) is 0 Å². The highest BCUT2D eigenvalue weighted by molar-refractivity contribution is 9.10. The van der Waals surface area contributed by atoms with Gasteiger partial charge in [-0.05, 0) is 39.0 Å². The van der Waals surface area contributed by atoms with Crippen molar-refractivity contribution in [3.05, 3.63) is 27.5 Å². The SMILES string of the molecule is COc1cc(Br)c2c(CCl)csc2c1. The van der Waals surface area contributed by atoms with Gasteiger partial charge in [0.25, 0.3) is 0 Å². The van der Waals surface area contributed by atoms with E-state index in [0.29, 0.717) is 5.88 Å². The summed E-state index contributed by atoms with van der Waals surface area (Å²) in [5.74, 6) is 1.41. The summed E-state index contributed by atoms with van der Waals surface area (Å²) in [6.45, 7) is 0. The molecule has 0 amide bonds. The number of rotatable bonds is 2. The number of methoxy groups -OCH3 is 1. The van der Waals surface area contributed by atoms with Crippen LogP contribution in [0.15, 0.2) is 22.0 Å². The van der Waals surface area contributed by atoms with Crippen molar-refractivity contribution >= 4 is 49.0 Å². The fourth-order valence-electron chi connectivity index (χ4n) is 1.37. The van der Waals surface area contributed by atoms with Crippen LogP contribution in [-0.4, -0.2) is 7.11 Å². The molecule has 0 aliphatic carbocycles. The fourth-order valence-corrected chi connectivity index (χ4v) is 3.51. The summed E-state index contributed by atoms with van der Waals surface area (Å²) in [4.78, 5) is 0. The molecular formula is C10H8BrClOS. The quantitative estimate of drug-likeness (QED) is 0.745. The first kappa shape index (κ1) is 10.3. The lowest BCUT2D eigenvalue weighted by Crippen LogP contribution is -1.83. The highest BCUT2D eigenvalue weighted by atomic mass is 79.9. The van der Waals surface area contributed by atoms with E-state index < -0.39 is 0 Å². The van der Waals surface area contributed by atoms with Crippen molar-refractivity contribution < 1.29 is 4.74 Å². The van der Waals surface area contributed by atoms with Crippen LogP contribution in [0.4, 0.5) is 0 Å². The largest absolute Gasteiger partial charge is 0.497 e. The Labute approximate surface area is 99.8 Å². The van der Waals surface area contributed by atoms with E-state index in [-0.39, 0.29) is 0 Å². The first-order chi connectivity index (χ1) is 6.76. The maximum absolute atomic E-state index is 5.85. The Bertz CT molecular complexity index is 466. The Morgan fingerprint density at radius 3 is 2.93 bits per heavy atom. The number of alkyl halides is 1. The van der Waals surface area contributed by atoms with Gasteiger partial charge in [0.1, 0.15) is 5.75 Å². The Morgan fingerprint density at radius 1 is 1.50 bits per heavy atom. The average molecular weight is 292 g/mol. The minimum atomic E-state index is 0.547. The zero-order valence-electron chi connectivity index (χ0n) is 7.51. The first-order valence-corrected chi connectivity index (χ1v) is 6.26. The van der Waals surface area contributed by atoms with Gasteiger partial charge in [0.05, 0.1) is 7.11 Å². The molecule has 0 unspecified atom stereocenters. The van der Waals surface area contributed by atoms with Crippen molar-refractivity contribution in [1.82, 2.24) is 0 Å². The second kappa shape index (κ2) is 4.09. The van der Waals surface area contributed by atoms with Gasteiger partial charge in [-0.1, -0.05) is 0 Å². The molecule has 0 aliphatic heterocycles. The van der Waals surface area contributed by atoms with E-state index in [1.54, 1.807) is 18.4 Å². The zero-order chi connectivity index (χ0) is 10.1. The Morgan fingerprint density at radius 2 is 2.29 bits per heavy atom. The summed E-state index contributed by atoms with van der Waals surface area (Å²) in [6, 6.07) is 3.99. The molecule has 0 radical (unpaired) electrons. The zero-order valence-corrected chi connectivity index (χ0v) is 10.7. The summed E-state index contributed by atoms with van der Waals surface area (Å²) < 4.78 is 7.44. The van der Waals surface area contributed by atoms with E-state index in [2.05, 4.69) is 21.3 Å². The molecular weight excluding hydrogens is 284 g/mol. The highest BCUT2D eigenvalue weighted by Crippen LogP contribution is 2.36. The van der Waals surface area contributed by atoms with Crippen LogP contribution in [-0.2, 0) is 5.88 Å². The third kappa shape index (κ3) is 1.64. The van der Waals surface area contributed by atoms with Crippen molar-refractivity contribution in [3.63, 3.8) is 0 Å². The molecule has 0 spiro atoms. The standard InChI is InChI=1S/C10H8BrClOS/c1-13-7-2-8(11)10-6(4-12)5-14-9(10)3-7/h2-3,5H,4H2,1H3. The summed E-state index contributed by atoms with van der Waals surface area (Å²) in [5.41, 5.74) is 1.17. The second-order valence-electron chi connectivity index (χ2n) is 2.88. The maximum Gasteiger partial charge on any atom is 0.121 e. The van der Waals surface area contributed by atoms with E-state index in [0.717, 1.165) is 10.2 Å². The van der Waals surface area contributed by atoms with E-state index in [1.165, 1.54) is 15.6 Å². The Hall–Kier alpha value is -0.250. The third-order valence-corrected chi connectivity index (χ3v) is 3.95. The number of benzene rings is 1. The van der Waals surface area contributed by atoms with Crippen LogP contribution in [0.25, 0.3) is 10.1 Å². The monoisotopic (exact) mass is 290 g/mol. The van der Waals surface area contributed by atoms with Crippen LogP contribution < -0.4 is 4.74 Å². The lowest BCUT2D eigenvalue weighted by molar-refractivity contribution is 0.415. The van der Waals surface area contributed by atoms with Crippen LogP contribution in [0, 0.1) is 0 Å². The molecule has 1 aromatic heterocycles. The van der Waals surface area contributed by atoms with E-state index >= 15 is 0 Å². The number of ether oxygens (including phenoxy) is 1. The Balaban J connectivity index is 2.72. The highest BCUT2D eigenvalue weighted by Gasteiger charge is 2.08. The molecule has 0 bridgehead atoms. The van der Waals surface area contributed by atoms with E-state index in [9.17, 15) is 0 Å². The molecule has 74 valence electrons. The Kier molecular flexibility index (Phi) is 3.00. The molecule has 0 aliphatic rings. The van der Waals surface area contributed by atoms with Gasteiger partial charge in [0.15, 0.2) is 0 Å². The molecule has 1 heterocycles. The van der Waals surface area contributed by atoms with Gasteiger partial charge < -0.3 is 4.74 Å². The number of hydrogen-bond donors (Lipinski definition) is 0. The molecule has 1 nitrogen and oxygen atoms in total. The number of thiophene rings is 1. The molecule has 0 N–H and O–H groups in total. The molecule has 2 aromatic rings. The van der Waals surface area contributed by atoms with Crippen molar-refractivity contribution in [3.8, 4) is 5.75 Å². The summed E-state index contributed by atoms with van der Waals surface area (Å²) >= 11 is 11.1. The van der Waals surface area contributed by atoms with Gasteiger partial charge in [-0.15, -0.1) is 22.9 Å². The second-order valence-corrected chi connectivity index (χ2v) is 4.91. The van der Waals surface area contributed by atoms with Crippen LogP contribution in [0.3, 0.4) is 0 Å². The molecule has 0 saturated heterocycles. The van der Waals surface area contributed by atoms with Crippen molar-refractivity contribution in [2.24, 2.45) is 0 Å². The van der Waals surface area contributed by atoms with Gasteiger partial charge in [0, 0.05) is 20.4 Å². The normalized spacial score (nSPS) is 10.8. The van der Waals surface area contributed by atoms with Crippen LogP contribution in [0.2, 0.25) is 0 Å². The molecule has 2 rings (SSSR count). The van der Waals surface area contributed by atoms with E-state index in [1.807, 2.05) is 12.1 Å². The van der Waals surface area contributed by atoms with Gasteiger partial charge in [-0.2, -0.15) is 0 Å². The summed E-state index contributed by atoms with van der Waals surface area (Å²) in [6.07, 6.45) is 0. The lowest BCUT2D eigenvalue weighted by Gasteiger charge is -2.02. The first-order valence-electron chi connectivity index (χ1n) is 4.06. The predicted octanol–water partition coefficient (Wildman–Crippen LogP) is 4.41. The van der Waals surface area contributed by atoms with Crippen molar-refractivity contribution in [2.75, 3.05) is 7.11 Å². The topological polar surface area (TPSA) is 9.23 Å². The average Bonchev–Trinajstić information content (AvgIpc) is 2.61. The van der Waals surface area contributed by atoms with Crippen molar-refractivity contribution in [1.29, 1.82) is 0 Å². The molecule has 4 heteroatoms. The van der Waals surface area contributed by atoms with Gasteiger partial charge in [0.2, 0.25) is 0 Å². The summed E-state index contributed by atoms with van der Waals surface area (Å²) in [5, 5.41) is 3.28. The maximum atomic E-state index is 5.85. The molecule has 0 atom stereocenters. The van der Waals surface area contributed by atoms with Gasteiger partial charge in [-0.3, -0.25) is 0 Å². The molecule has 0 fully saturated rings. The van der Waals surface area contributed by atoms with E-state index in [4.69, 9.17) is 16.3 Å².